The molecule has 0 heterocycles. The van der Waals surface area contributed by atoms with E-state index in [1.165, 1.54) is 37.9 Å². The Kier molecular flexibility index (Phi) is 6.99. The summed E-state index contributed by atoms with van der Waals surface area (Å²) in [6.07, 6.45) is 1.84. The van der Waals surface area contributed by atoms with Gasteiger partial charge in [0.05, 0.1) is 6.54 Å². The minimum Gasteiger partial charge on any atom is -0.480 e. The van der Waals surface area contributed by atoms with Crippen molar-refractivity contribution in [3.05, 3.63) is 96.1 Å². The number of hydrogen-bond donors (Lipinski definition) is 3. The molecule has 1 unspecified atom stereocenters. The molecule has 2 amide bonds. The van der Waals surface area contributed by atoms with E-state index in [1.54, 1.807) is 0 Å². The summed E-state index contributed by atoms with van der Waals surface area (Å²) >= 11 is 0. The van der Waals surface area contributed by atoms with E-state index in [1.807, 2.05) is 30.3 Å². The minimum absolute atomic E-state index is 0.176. The number of carboxylic acids is 1. The van der Waals surface area contributed by atoms with Gasteiger partial charge in [-0.1, -0.05) is 84.9 Å². The number of aliphatic carboxylic acids is 1. The zero-order chi connectivity index (χ0) is 25.8. The summed E-state index contributed by atoms with van der Waals surface area (Å²) < 4.78 is 0. The van der Waals surface area contributed by atoms with Crippen LogP contribution in [-0.4, -0.2) is 35.5 Å². The van der Waals surface area contributed by atoms with Crippen molar-refractivity contribution in [3.63, 3.8) is 0 Å². The van der Waals surface area contributed by atoms with Gasteiger partial charge in [-0.3, -0.25) is 9.59 Å². The summed E-state index contributed by atoms with van der Waals surface area (Å²) in [6, 6.07) is 27.3. The molecule has 5 aromatic rings. The smallest absolute Gasteiger partial charge is 0.326 e. The van der Waals surface area contributed by atoms with Gasteiger partial charge in [-0.25, -0.2) is 4.79 Å². The van der Waals surface area contributed by atoms with Crippen LogP contribution < -0.4 is 10.6 Å². The Balaban J connectivity index is 1.15. The third-order valence-electron chi connectivity index (χ3n) is 6.83. The lowest BCUT2D eigenvalue weighted by Gasteiger charge is -2.15. The summed E-state index contributed by atoms with van der Waals surface area (Å²) in [7, 11) is 0. The van der Waals surface area contributed by atoms with Crippen molar-refractivity contribution in [3.8, 4) is 0 Å². The number of hydrogen-bond acceptors (Lipinski definition) is 3. The van der Waals surface area contributed by atoms with Gasteiger partial charge in [0.25, 0.3) is 0 Å². The Bertz CT molecular complexity index is 1560. The lowest BCUT2D eigenvalue weighted by molar-refractivity contribution is -0.141. The Hall–Kier alpha value is -4.45. The Labute approximate surface area is 214 Å². The van der Waals surface area contributed by atoms with Gasteiger partial charge >= 0.3 is 5.97 Å². The predicted octanol–water partition coefficient (Wildman–Crippen LogP) is 4.84. The second-order valence-corrected chi connectivity index (χ2v) is 9.36. The summed E-state index contributed by atoms with van der Waals surface area (Å²) in [6.45, 7) is -0.254. The molecule has 0 spiro atoms. The van der Waals surface area contributed by atoms with E-state index >= 15 is 0 Å². The van der Waals surface area contributed by atoms with E-state index in [-0.39, 0.29) is 25.3 Å². The van der Waals surface area contributed by atoms with Gasteiger partial charge in [-0.05, 0) is 56.3 Å². The number of carbonyl (C=O) groups excluding carboxylic acids is 2. The minimum atomic E-state index is -1.11. The first-order valence-corrected chi connectivity index (χ1v) is 12.5. The third-order valence-corrected chi connectivity index (χ3v) is 6.83. The lowest BCUT2D eigenvalue weighted by Crippen LogP contribution is -2.46. The molecule has 0 radical (unpaired) electrons. The Morgan fingerprint density at radius 2 is 1.41 bits per heavy atom. The second kappa shape index (κ2) is 10.7. The molecule has 0 bridgehead atoms. The topological polar surface area (TPSA) is 95.5 Å². The fraction of sp³-hybridized carbons (Fsp3) is 0.194. The van der Waals surface area contributed by atoms with Crippen LogP contribution in [0.15, 0.2) is 84.9 Å². The van der Waals surface area contributed by atoms with E-state index in [2.05, 4.69) is 65.2 Å². The summed E-state index contributed by atoms with van der Waals surface area (Å²) in [5.74, 6) is -1.87. The average Bonchev–Trinajstić information content (AvgIpc) is 2.91. The second-order valence-electron chi connectivity index (χ2n) is 9.36. The molecule has 37 heavy (non-hydrogen) atoms. The average molecular weight is 493 g/mol. The van der Waals surface area contributed by atoms with Gasteiger partial charge < -0.3 is 15.7 Å². The molecule has 3 N–H and O–H groups in total. The van der Waals surface area contributed by atoms with Crippen molar-refractivity contribution in [2.75, 3.05) is 6.54 Å². The van der Waals surface area contributed by atoms with Crippen LogP contribution >= 0.6 is 0 Å². The van der Waals surface area contributed by atoms with Gasteiger partial charge in [-0.15, -0.1) is 0 Å². The van der Waals surface area contributed by atoms with Crippen molar-refractivity contribution in [1.29, 1.82) is 0 Å². The fourth-order valence-electron chi connectivity index (χ4n) is 5.02. The van der Waals surface area contributed by atoms with Crippen LogP contribution in [0, 0.1) is 0 Å². The number of carboxylic acid groups (broad SMARTS) is 1. The Morgan fingerprint density at radius 1 is 0.730 bits per heavy atom. The first kappa shape index (κ1) is 24.3. The molecule has 1 atom stereocenters. The summed E-state index contributed by atoms with van der Waals surface area (Å²) in [5.41, 5.74) is 2.01. The van der Waals surface area contributed by atoms with Crippen molar-refractivity contribution in [2.45, 2.75) is 31.7 Å². The van der Waals surface area contributed by atoms with Crippen LogP contribution in [-0.2, 0) is 27.2 Å². The van der Waals surface area contributed by atoms with Gasteiger partial charge in [-0.2, -0.15) is 0 Å². The number of amides is 2. The highest BCUT2D eigenvalue weighted by Gasteiger charge is 2.20. The van der Waals surface area contributed by atoms with Crippen molar-refractivity contribution < 1.29 is 19.5 Å². The molecule has 0 aromatic heterocycles. The van der Waals surface area contributed by atoms with Gasteiger partial charge in [0.1, 0.15) is 6.04 Å². The van der Waals surface area contributed by atoms with E-state index in [9.17, 15) is 19.5 Å². The van der Waals surface area contributed by atoms with Crippen molar-refractivity contribution in [1.82, 2.24) is 10.6 Å². The maximum atomic E-state index is 12.4. The molecule has 5 aromatic carbocycles. The zero-order valence-electron chi connectivity index (χ0n) is 20.4. The molecule has 186 valence electrons. The molecular formula is C31H28N2O4. The van der Waals surface area contributed by atoms with Crippen LogP contribution in [0.5, 0.6) is 0 Å². The van der Waals surface area contributed by atoms with E-state index in [0.29, 0.717) is 6.42 Å². The molecular weight excluding hydrogens is 464 g/mol. The number of nitrogens with one attached hydrogen (secondary N) is 2. The highest BCUT2D eigenvalue weighted by molar-refractivity contribution is 6.23. The SMILES string of the molecule is O=C(CCCc1ccc2ccc3cccc4ccc1c2c34)NCC(=O)NC(Cc1ccccc1)C(=O)O. The molecule has 0 aliphatic carbocycles. The van der Waals surface area contributed by atoms with E-state index < -0.39 is 17.9 Å². The lowest BCUT2D eigenvalue weighted by atomic mass is 9.90. The van der Waals surface area contributed by atoms with Crippen LogP contribution in [0.2, 0.25) is 0 Å². The predicted molar refractivity (Wildman–Crippen MR) is 146 cm³/mol. The number of benzene rings is 5. The molecule has 0 saturated carbocycles. The quantitative estimate of drug-likeness (QED) is 0.243. The van der Waals surface area contributed by atoms with Crippen LogP contribution in [0.3, 0.4) is 0 Å². The maximum absolute atomic E-state index is 12.4. The highest BCUT2D eigenvalue weighted by atomic mass is 16.4. The number of rotatable bonds is 10. The fourth-order valence-corrected chi connectivity index (χ4v) is 5.02. The first-order valence-electron chi connectivity index (χ1n) is 12.5. The largest absolute Gasteiger partial charge is 0.480 e. The summed E-state index contributed by atoms with van der Waals surface area (Å²) in [4.78, 5) is 36.2. The molecule has 5 rings (SSSR count). The monoisotopic (exact) mass is 492 g/mol. The van der Waals surface area contributed by atoms with E-state index in [0.717, 1.165) is 12.0 Å². The third kappa shape index (κ3) is 5.38. The maximum Gasteiger partial charge on any atom is 0.326 e. The van der Waals surface area contributed by atoms with Crippen molar-refractivity contribution in [2.24, 2.45) is 0 Å². The normalized spacial score (nSPS) is 12.1. The molecule has 6 heteroatoms. The standard InChI is InChI=1S/C31H28N2O4/c34-27(32-19-28(35)33-26(31(36)37)18-20-6-2-1-3-7-20)11-5-8-21-12-13-24-15-14-22-9-4-10-23-16-17-25(21)30(24)29(22)23/h1-4,6-7,9-10,12-17,26H,5,8,11,18-19H2,(H,32,34)(H,33,35)(H,36,37). The molecule has 0 aliphatic heterocycles. The zero-order valence-corrected chi connectivity index (χ0v) is 20.4. The van der Waals surface area contributed by atoms with Gasteiger partial charge in [0.15, 0.2) is 0 Å². The molecule has 0 saturated heterocycles. The number of carbonyl (C=O) groups is 3. The van der Waals surface area contributed by atoms with Crippen molar-refractivity contribution >= 4 is 50.1 Å². The molecule has 6 nitrogen and oxygen atoms in total. The Morgan fingerprint density at radius 3 is 2.14 bits per heavy atom. The van der Waals surface area contributed by atoms with E-state index in [4.69, 9.17) is 0 Å². The number of aryl methyl sites for hydroxylation is 1. The van der Waals surface area contributed by atoms with Crippen LogP contribution in [0.4, 0.5) is 0 Å². The summed E-state index contributed by atoms with van der Waals surface area (Å²) in [5, 5.41) is 21.9. The van der Waals surface area contributed by atoms with Crippen LogP contribution in [0.1, 0.15) is 24.0 Å². The van der Waals surface area contributed by atoms with Gasteiger partial charge in [0, 0.05) is 12.8 Å². The van der Waals surface area contributed by atoms with Crippen LogP contribution in [0.25, 0.3) is 32.3 Å². The first-order chi connectivity index (χ1) is 18.0. The highest BCUT2D eigenvalue weighted by Crippen LogP contribution is 2.36. The molecule has 0 aliphatic rings. The van der Waals surface area contributed by atoms with Gasteiger partial charge in [0.2, 0.25) is 11.8 Å². The molecule has 0 fully saturated rings.